The number of allylic oxidation sites excluding steroid dienone is 1. The number of nitrogens with zero attached hydrogens (tertiary/aromatic N) is 1. The van der Waals surface area contributed by atoms with Gasteiger partial charge < -0.3 is 13.9 Å². The third-order valence-corrected chi connectivity index (χ3v) is 3.96. The molecular weight excluding hydrogens is 362 g/mol. The molecule has 118 valence electrons. The second kappa shape index (κ2) is 7.16. The molecule has 2 aromatic rings. The van der Waals surface area contributed by atoms with Crippen LogP contribution in [-0.4, -0.2) is 20.0 Å². The lowest BCUT2D eigenvalue weighted by molar-refractivity contribution is 0.103. The van der Waals surface area contributed by atoms with Gasteiger partial charge in [0, 0.05) is 4.47 Å². The van der Waals surface area contributed by atoms with Crippen molar-refractivity contribution in [2.75, 3.05) is 14.2 Å². The summed E-state index contributed by atoms with van der Waals surface area (Å²) in [6.45, 7) is 1.68. The minimum absolute atomic E-state index is 0.00224. The molecule has 0 saturated carbocycles. The molecule has 0 unspecified atom stereocenters. The lowest BCUT2D eigenvalue weighted by atomic mass is 10.0. The van der Waals surface area contributed by atoms with Gasteiger partial charge in [0.1, 0.15) is 17.4 Å². The Morgan fingerprint density at radius 3 is 2.48 bits per heavy atom. The molecule has 0 aliphatic rings. The second-order valence-corrected chi connectivity index (χ2v) is 5.47. The summed E-state index contributed by atoms with van der Waals surface area (Å²) in [5.74, 6) is 1.14. The van der Waals surface area contributed by atoms with Gasteiger partial charge in [-0.1, -0.05) is 15.9 Å². The number of ketones is 1. The number of halogens is 1. The summed E-state index contributed by atoms with van der Waals surface area (Å²) < 4.78 is 16.2. The molecule has 0 amide bonds. The van der Waals surface area contributed by atoms with Crippen molar-refractivity contribution >= 4 is 27.8 Å². The van der Waals surface area contributed by atoms with E-state index in [0.29, 0.717) is 32.9 Å². The van der Waals surface area contributed by atoms with E-state index in [4.69, 9.17) is 13.9 Å². The first-order chi connectivity index (χ1) is 11.0. The Hall–Kier alpha value is -2.52. The Labute approximate surface area is 142 Å². The predicted octanol–water partition coefficient (Wildman–Crippen LogP) is 4.16. The topological polar surface area (TPSA) is 72.5 Å². The minimum atomic E-state index is -0.388. The zero-order valence-electron chi connectivity index (χ0n) is 12.8. The van der Waals surface area contributed by atoms with E-state index < -0.39 is 0 Å². The van der Waals surface area contributed by atoms with Gasteiger partial charge in [-0.05, 0) is 36.8 Å². The number of ether oxygens (including phenoxy) is 2. The molecule has 0 saturated heterocycles. The maximum Gasteiger partial charge on any atom is 0.207 e. The highest BCUT2D eigenvalue weighted by molar-refractivity contribution is 9.10. The highest BCUT2D eigenvalue weighted by Gasteiger charge is 2.17. The Morgan fingerprint density at radius 1 is 1.30 bits per heavy atom. The molecule has 0 radical (unpaired) electrons. The van der Waals surface area contributed by atoms with Crippen LogP contribution >= 0.6 is 15.9 Å². The molecule has 0 fully saturated rings. The molecule has 0 bridgehead atoms. The minimum Gasteiger partial charge on any atom is -0.493 e. The third kappa shape index (κ3) is 3.46. The van der Waals surface area contributed by atoms with E-state index in [9.17, 15) is 10.1 Å². The molecule has 0 atom stereocenters. The first-order valence-electron chi connectivity index (χ1n) is 6.64. The number of aryl methyl sites for hydroxylation is 1. The molecular formula is C17H14BrNO4. The number of carbonyl (C=O) groups excluding carboxylic acids is 1. The van der Waals surface area contributed by atoms with Crippen molar-refractivity contribution in [2.24, 2.45) is 0 Å². The van der Waals surface area contributed by atoms with Gasteiger partial charge in [-0.25, -0.2) is 0 Å². The number of nitriles is 1. The quantitative estimate of drug-likeness (QED) is 0.445. The van der Waals surface area contributed by atoms with E-state index in [1.807, 2.05) is 6.07 Å². The number of benzene rings is 1. The standard InChI is InChI=1S/C17H14BrNO4/c1-10-13(4-5-23-10)17(20)12(9-19)6-11-7-15(21-2)16(22-3)8-14(11)18/h4-8H,1-3H3/b12-6+. The van der Waals surface area contributed by atoms with Gasteiger partial charge >= 0.3 is 0 Å². The van der Waals surface area contributed by atoms with Crippen LogP contribution in [0.15, 0.2) is 38.9 Å². The van der Waals surface area contributed by atoms with Crippen molar-refractivity contribution in [1.82, 2.24) is 0 Å². The second-order valence-electron chi connectivity index (χ2n) is 4.62. The summed E-state index contributed by atoms with van der Waals surface area (Å²) in [5.41, 5.74) is 1.01. The summed E-state index contributed by atoms with van der Waals surface area (Å²) in [4.78, 5) is 12.4. The van der Waals surface area contributed by atoms with Gasteiger partial charge in [0.25, 0.3) is 0 Å². The van der Waals surface area contributed by atoms with E-state index in [-0.39, 0.29) is 11.4 Å². The number of Topliss-reactive ketones (excluding diaryl/α,β-unsaturated/α-hetero) is 1. The monoisotopic (exact) mass is 375 g/mol. The number of hydrogen-bond acceptors (Lipinski definition) is 5. The van der Waals surface area contributed by atoms with Crippen LogP contribution in [0.1, 0.15) is 21.7 Å². The zero-order chi connectivity index (χ0) is 17.0. The Kier molecular flexibility index (Phi) is 5.24. The predicted molar refractivity (Wildman–Crippen MR) is 88.6 cm³/mol. The fraction of sp³-hybridized carbons (Fsp3) is 0.176. The molecule has 0 spiro atoms. The maximum atomic E-state index is 12.4. The average Bonchev–Trinajstić information content (AvgIpc) is 2.98. The number of carbonyl (C=O) groups is 1. The molecule has 6 heteroatoms. The van der Waals surface area contributed by atoms with E-state index in [2.05, 4.69) is 15.9 Å². The summed E-state index contributed by atoms with van der Waals surface area (Å²) in [7, 11) is 3.05. The highest BCUT2D eigenvalue weighted by atomic mass is 79.9. The van der Waals surface area contributed by atoms with Crippen LogP contribution in [0.4, 0.5) is 0 Å². The summed E-state index contributed by atoms with van der Waals surface area (Å²) >= 11 is 3.40. The smallest absolute Gasteiger partial charge is 0.207 e. The summed E-state index contributed by atoms with van der Waals surface area (Å²) in [6, 6.07) is 6.89. The van der Waals surface area contributed by atoms with Gasteiger partial charge in [0.05, 0.1) is 26.0 Å². The summed E-state index contributed by atoms with van der Waals surface area (Å²) in [5, 5.41) is 9.32. The van der Waals surface area contributed by atoms with Crippen LogP contribution in [0.3, 0.4) is 0 Å². The maximum absolute atomic E-state index is 12.4. The van der Waals surface area contributed by atoms with Crippen LogP contribution in [0.5, 0.6) is 11.5 Å². The van der Waals surface area contributed by atoms with Crippen LogP contribution in [0.25, 0.3) is 6.08 Å². The van der Waals surface area contributed by atoms with E-state index in [0.717, 1.165) is 0 Å². The normalized spacial score (nSPS) is 11.0. The first kappa shape index (κ1) is 16.8. The molecule has 0 aliphatic heterocycles. The van der Waals surface area contributed by atoms with Gasteiger partial charge in [-0.3, -0.25) is 4.79 Å². The van der Waals surface area contributed by atoms with Gasteiger partial charge in [-0.2, -0.15) is 5.26 Å². The molecule has 0 N–H and O–H groups in total. The lowest BCUT2D eigenvalue weighted by Gasteiger charge is -2.10. The molecule has 1 aromatic carbocycles. The Balaban J connectivity index is 2.49. The SMILES string of the molecule is COc1cc(Br)c(/C=C(\C#N)C(=O)c2ccoc2C)cc1OC. The van der Waals surface area contributed by atoms with Crippen molar-refractivity contribution in [3.8, 4) is 17.6 Å². The molecule has 0 aliphatic carbocycles. The van der Waals surface area contributed by atoms with Gasteiger partial charge in [0.15, 0.2) is 11.5 Å². The molecule has 1 aromatic heterocycles. The Bertz CT molecular complexity index is 814. The van der Waals surface area contributed by atoms with Gasteiger partial charge in [-0.15, -0.1) is 0 Å². The molecule has 5 nitrogen and oxygen atoms in total. The van der Waals surface area contributed by atoms with Crippen molar-refractivity contribution in [2.45, 2.75) is 6.92 Å². The van der Waals surface area contributed by atoms with Crippen LogP contribution < -0.4 is 9.47 Å². The van der Waals surface area contributed by atoms with Crippen molar-refractivity contribution < 1.29 is 18.7 Å². The van der Waals surface area contributed by atoms with Crippen molar-refractivity contribution in [1.29, 1.82) is 5.26 Å². The largest absolute Gasteiger partial charge is 0.493 e. The number of furan rings is 1. The lowest BCUT2D eigenvalue weighted by Crippen LogP contribution is -2.02. The number of hydrogen-bond donors (Lipinski definition) is 0. The van der Waals surface area contributed by atoms with Crippen molar-refractivity contribution in [3.05, 3.63) is 51.4 Å². The third-order valence-electron chi connectivity index (χ3n) is 3.27. The van der Waals surface area contributed by atoms with E-state index in [1.54, 1.807) is 25.1 Å². The number of rotatable bonds is 5. The molecule has 1 heterocycles. The first-order valence-corrected chi connectivity index (χ1v) is 7.43. The van der Waals surface area contributed by atoms with E-state index >= 15 is 0 Å². The van der Waals surface area contributed by atoms with Crippen LogP contribution in [0, 0.1) is 18.3 Å². The number of methoxy groups -OCH3 is 2. The fourth-order valence-electron chi connectivity index (χ4n) is 2.05. The van der Waals surface area contributed by atoms with Crippen LogP contribution in [0.2, 0.25) is 0 Å². The zero-order valence-corrected chi connectivity index (χ0v) is 14.4. The summed E-state index contributed by atoms with van der Waals surface area (Å²) in [6.07, 6.45) is 2.92. The fourth-order valence-corrected chi connectivity index (χ4v) is 2.49. The van der Waals surface area contributed by atoms with Crippen LogP contribution in [-0.2, 0) is 0 Å². The van der Waals surface area contributed by atoms with E-state index in [1.165, 1.54) is 26.6 Å². The average molecular weight is 376 g/mol. The van der Waals surface area contributed by atoms with Gasteiger partial charge in [0.2, 0.25) is 5.78 Å². The van der Waals surface area contributed by atoms with Crippen molar-refractivity contribution in [3.63, 3.8) is 0 Å². The molecule has 2 rings (SSSR count). The molecule has 23 heavy (non-hydrogen) atoms. The Morgan fingerprint density at radius 2 is 1.96 bits per heavy atom. The highest BCUT2D eigenvalue weighted by Crippen LogP contribution is 2.34.